The van der Waals surface area contributed by atoms with Crippen LogP contribution in [0.15, 0.2) is 54.7 Å². The average Bonchev–Trinajstić information content (AvgIpc) is 3.35. The van der Waals surface area contributed by atoms with E-state index < -0.39 is 0 Å². The second kappa shape index (κ2) is 9.82. The van der Waals surface area contributed by atoms with Gasteiger partial charge in [0.15, 0.2) is 5.65 Å². The molecule has 1 aliphatic heterocycles. The highest BCUT2D eigenvalue weighted by Gasteiger charge is 2.25. The number of hydrogen-bond acceptors (Lipinski definition) is 6. The van der Waals surface area contributed by atoms with Crippen LogP contribution in [0.2, 0.25) is 0 Å². The van der Waals surface area contributed by atoms with Gasteiger partial charge in [-0.2, -0.15) is 0 Å². The zero-order chi connectivity index (χ0) is 25.4. The lowest BCUT2D eigenvalue weighted by Crippen LogP contribution is -2.26. The Bertz CT molecular complexity index is 1460. The lowest BCUT2D eigenvalue weighted by molar-refractivity contribution is 0.0950. The Morgan fingerprint density at radius 2 is 2.08 bits per heavy atom. The molecule has 1 aliphatic carbocycles. The Morgan fingerprint density at radius 1 is 1.19 bits per heavy atom. The third-order valence-electron chi connectivity index (χ3n) is 6.75. The number of amides is 1. The van der Waals surface area contributed by atoms with Gasteiger partial charge >= 0.3 is 0 Å². The smallest absolute Gasteiger partial charge is 0.251 e. The number of anilines is 1. The highest BCUT2D eigenvalue weighted by Crippen LogP contribution is 2.30. The predicted octanol–water partition coefficient (Wildman–Crippen LogP) is 4.98. The van der Waals surface area contributed by atoms with E-state index >= 15 is 0 Å². The summed E-state index contributed by atoms with van der Waals surface area (Å²) >= 11 is 0. The molecule has 2 aromatic carbocycles. The van der Waals surface area contributed by atoms with Gasteiger partial charge in [0.05, 0.1) is 24.2 Å². The predicted molar refractivity (Wildman–Crippen MR) is 138 cm³/mol. The third-order valence-corrected chi connectivity index (χ3v) is 6.75. The normalized spacial score (nSPS) is 17.2. The van der Waals surface area contributed by atoms with E-state index in [1.165, 1.54) is 12.1 Å². The van der Waals surface area contributed by atoms with Crippen molar-refractivity contribution < 1.29 is 18.7 Å². The maximum absolute atomic E-state index is 13.8. The molecule has 9 heteroatoms. The van der Waals surface area contributed by atoms with Crippen molar-refractivity contribution in [2.24, 2.45) is 5.92 Å². The summed E-state index contributed by atoms with van der Waals surface area (Å²) < 4.78 is 26.9. The number of imidazole rings is 1. The number of carbonyl (C=O) groups is 1. The van der Waals surface area contributed by atoms with E-state index in [0.29, 0.717) is 34.8 Å². The molecule has 1 unspecified atom stereocenters. The minimum atomic E-state index is -0.386. The van der Waals surface area contributed by atoms with Crippen molar-refractivity contribution >= 4 is 17.2 Å². The highest BCUT2D eigenvalue weighted by atomic mass is 19.1. The van der Waals surface area contributed by atoms with Crippen molar-refractivity contribution in [2.45, 2.75) is 32.2 Å². The van der Waals surface area contributed by atoms with E-state index in [9.17, 15) is 9.18 Å². The summed E-state index contributed by atoms with van der Waals surface area (Å²) in [4.78, 5) is 17.2. The fraction of sp³-hybridized carbons (Fsp3) is 0.321. The summed E-state index contributed by atoms with van der Waals surface area (Å²) in [7, 11) is 0. The molecule has 6 rings (SSSR count). The Balaban J connectivity index is 1.36. The molecule has 0 spiro atoms. The van der Waals surface area contributed by atoms with Crippen molar-refractivity contribution in [3.63, 3.8) is 0 Å². The molecular formula is C28H28FN5O3. The standard InChI is InChI=1S/C28H28FN5O3/c1-17-11-19(5-8-23(17)28(35)32-21-6-7-21)25-15-31-27-24(30-14-18-9-10-36-16-18)13-26(33-34(25)27)37-22-4-2-3-20(29)12-22/h2-5,8,11-13,15,18,21,30H,6-7,9-10,14,16H2,1H3,(H,32,35). The van der Waals surface area contributed by atoms with E-state index in [4.69, 9.17) is 9.47 Å². The molecule has 190 valence electrons. The van der Waals surface area contributed by atoms with Crippen molar-refractivity contribution in [3.8, 4) is 22.9 Å². The van der Waals surface area contributed by atoms with Gasteiger partial charge < -0.3 is 20.1 Å². The van der Waals surface area contributed by atoms with Crippen LogP contribution in [0, 0.1) is 18.7 Å². The van der Waals surface area contributed by atoms with Gasteiger partial charge in [0.2, 0.25) is 5.88 Å². The van der Waals surface area contributed by atoms with E-state index in [0.717, 1.165) is 61.5 Å². The number of nitrogens with zero attached hydrogens (tertiary/aromatic N) is 3. The summed E-state index contributed by atoms with van der Waals surface area (Å²) in [5, 5.41) is 11.2. The molecule has 2 aromatic heterocycles. The van der Waals surface area contributed by atoms with E-state index in [2.05, 4.69) is 20.7 Å². The molecule has 1 saturated carbocycles. The van der Waals surface area contributed by atoms with Crippen LogP contribution in [-0.4, -0.2) is 46.3 Å². The quantitative estimate of drug-likeness (QED) is 0.354. The van der Waals surface area contributed by atoms with E-state index in [1.54, 1.807) is 28.9 Å². The summed E-state index contributed by atoms with van der Waals surface area (Å²) in [6.45, 7) is 4.15. The third kappa shape index (κ3) is 5.13. The van der Waals surface area contributed by atoms with Crippen LogP contribution in [0.5, 0.6) is 11.6 Å². The Labute approximate surface area is 213 Å². The van der Waals surface area contributed by atoms with Gasteiger partial charge in [-0.05, 0) is 56.0 Å². The Morgan fingerprint density at radius 3 is 2.84 bits per heavy atom. The molecule has 4 aromatic rings. The number of benzene rings is 2. The number of hydrogen-bond donors (Lipinski definition) is 2. The van der Waals surface area contributed by atoms with Crippen LogP contribution < -0.4 is 15.4 Å². The minimum absolute atomic E-state index is 0.0454. The number of nitrogens with one attached hydrogen (secondary N) is 2. The van der Waals surface area contributed by atoms with Crippen LogP contribution >= 0.6 is 0 Å². The Hall–Kier alpha value is -3.98. The first-order valence-corrected chi connectivity index (χ1v) is 12.6. The second-order valence-corrected chi connectivity index (χ2v) is 9.72. The van der Waals surface area contributed by atoms with Gasteiger partial charge in [0.25, 0.3) is 5.91 Å². The number of ether oxygens (including phenoxy) is 2. The molecule has 1 atom stereocenters. The Kier molecular flexibility index (Phi) is 6.21. The second-order valence-electron chi connectivity index (χ2n) is 9.72. The van der Waals surface area contributed by atoms with Gasteiger partial charge in [-0.1, -0.05) is 12.1 Å². The fourth-order valence-corrected chi connectivity index (χ4v) is 4.54. The summed E-state index contributed by atoms with van der Waals surface area (Å²) in [6, 6.07) is 13.8. The molecule has 0 radical (unpaired) electrons. The van der Waals surface area contributed by atoms with E-state index in [1.807, 2.05) is 25.1 Å². The molecule has 1 amide bonds. The largest absolute Gasteiger partial charge is 0.437 e. The van der Waals surface area contributed by atoms with E-state index in [-0.39, 0.29) is 11.7 Å². The monoisotopic (exact) mass is 501 g/mol. The maximum atomic E-state index is 13.8. The number of halogens is 1. The number of fused-ring (bicyclic) bond motifs is 1. The molecule has 1 saturated heterocycles. The SMILES string of the molecule is Cc1cc(-c2cnc3c(NCC4CCOC4)cc(Oc4cccc(F)c4)nn23)ccc1C(=O)NC1CC1. The molecule has 2 fully saturated rings. The number of carbonyl (C=O) groups excluding carboxylic acids is 1. The van der Waals surface area contributed by atoms with Crippen molar-refractivity contribution in [1.29, 1.82) is 0 Å². The first-order chi connectivity index (χ1) is 18.0. The molecule has 8 nitrogen and oxygen atoms in total. The van der Waals surface area contributed by atoms with Crippen LogP contribution in [0.1, 0.15) is 35.2 Å². The van der Waals surface area contributed by atoms with Gasteiger partial charge in [0.1, 0.15) is 11.6 Å². The minimum Gasteiger partial charge on any atom is -0.437 e. The molecule has 37 heavy (non-hydrogen) atoms. The van der Waals surface area contributed by atoms with Crippen molar-refractivity contribution in [3.05, 3.63) is 71.7 Å². The number of rotatable bonds is 8. The molecule has 2 aliphatic rings. The van der Waals surface area contributed by atoms with Crippen molar-refractivity contribution in [2.75, 3.05) is 25.1 Å². The van der Waals surface area contributed by atoms with Gasteiger partial charge in [0, 0.05) is 48.4 Å². The lowest BCUT2D eigenvalue weighted by Gasteiger charge is -2.14. The lowest BCUT2D eigenvalue weighted by atomic mass is 10.0. The topological polar surface area (TPSA) is 89.8 Å². The number of aryl methyl sites for hydroxylation is 1. The highest BCUT2D eigenvalue weighted by molar-refractivity contribution is 5.96. The zero-order valence-electron chi connectivity index (χ0n) is 20.5. The molecule has 3 heterocycles. The van der Waals surface area contributed by atoms with Gasteiger partial charge in [-0.25, -0.2) is 13.9 Å². The maximum Gasteiger partial charge on any atom is 0.251 e. The molecule has 2 N–H and O–H groups in total. The first-order valence-electron chi connectivity index (χ1n) is 12.6. The van der Waals surface area contributed by atoms with Crippen LogP contribution in [0.4, 0.5) is 10.1 Å². The van der Waals surface area contributed by atoms with Crippen LogP contribution in [0.3, 0.4) is 0 Å². The summed E-state index contributed by atoms with van der Waals surface area (Å²) in [5.74, 6) is 0.635. The van der Waals surface area contributed by atoms with Crippen molar-refractivity contribution in [1.82, 2.24) is 19.9 Å². The average molecular weight is 502 g/mol. The summed E-state index contributed by atoms with van der Waals surface area (Å²) in [5.41, 5.74) is 4.57. The van der Waals surface area contributed by atoms with Crippen LogP contribution in [-0.2, 0) is 4.74 Å². The first kappa shape index (κ1) is 23.4. The summed E-state index contributed by atoms with van der Waals surface area (Å²) in [6.07, 6.45) is 4.85. The van der Waals surface area contributed by atoms with Gasteiger partial charge in [-0.3, -0.25) is 4.79 Å². The zero-order valence-corrected chi connectivity index (χ0v) is 20.5. The molecular weight excluding hydrogens is 473 g/mol. The fourth-order valence-electron chi connectivity index (χ4n) is 4.54. The van der Waals surface area contributed by atoms with Gasteiger partial charge in [-0.15, -0.1) is 5.10 Å². The van der Waals surface area contributed by atoms with Crippen LogP contribution in [0.25, 0.3) is 16.9 Å². The molecule has 0 bridgehead atoms. The number of aromatic nitrogens is 3.